The van der Waals surface area contributed by atoms with Gasteiger partial charge in [-0.1, -0.05) is 78.9 Å². The van der Waals surface area contributed by atoms with Gasteiger partial charge in [0.25, 0.3) is 0 Å². The minimum atomic E-state index is -0.581. The Labute approximate surface area is 182 Å². The maximum Gasteiger partial charge on any atom is 0.147 e. The first-order valence-corrected chi connectivity index (χ1v) is 10.4. The van der Waals surface area contributed by atoms with Gasteiger partial charge in [-0.15, -0.1) is 0 Å². The number of anilines is 2. The van der Waals surface area contributed by atoms with Gasteiger partial charge in [0.15, 0.2) is 0 Å². The highest BCUT2D eigenvalue weighted by molar-refractivity contribution is 5.94. The summed E-state index contributed by atoms with van der Waals surface area (Å²) in [6.07, 6.45) is 0. The molecule has 0 saturated carbocycles. The van der Waals surface area contributed by atoms with Crippen molar-refractivity contribution in [1.82, 2.24) is 0 Å². The molecule has 156 valence electrons. The number of rotatable bonds is 4. The third-order valence-electron chi connectivity index (χ3n) is 5.26. The van der Waals surface area contributed by atoms with Gasteiger partial charge in [-0.05, 0) is 55.7 Å². The summed E-state index contributed by atoms with van der Waals surface area (Å²) in [6.45, 7) is 5.88. The zero-order valence-electron chi connectivity index (χ0n) is 17.9. The van der Waals surface area contributed by atoms with Crippen LogP contribution < -0.4 is 4.90 Å². The fourth-order valence-electron chi connectivity index (χ4n) is 3.99. The van der Waals surface area contributed by atoms with Crippen molar-refractivity contribution in [3.8, 4) is 22.3 Å². The van der Waals surface area contributed by atoms with Crippen LogP contribution in [0.15, 0.2) is 97.1 Å². The van der Waals surface area contributed by atoms with Gasteiger partial charge in [0.1, 0.15) is 11.6 Å². The largest absolute Gasteiger partial charge is 0.331 e. The molecule has 0 aliphatic rings. The Morgan fingerprint density at radius 3 is 1.71 bits per heavy atom. The summed E-state index contributed by atoms with van der Waals surface area (Å²) in [5, 5.41) is 0. The summed E-state index contributed by atoms with van der Waals surface area (Å²) >= 11 is 0. The molecule has 3 heteroatoms. The minimum Gasteiger partial charge on any atom is -0.331 e. The average Bonchev–Trinajstić information content (AvgIpc) is 2.76. The maximum atomic E-state index is 15.7. The number of para-hydroxylation sites is 1. The molecule has 0 atom stereocenters. The second kappa shape index (κ2) is 8.35. The van der Waals surface area contributed by atoms with E-state index in [9.17, 15) is 4.39 Å². The molecule has 0 aliphatic heterocycles. The van der Waals surface area contributed by atoms with Gasteiger partial charge in [-0.25, -0.2) is 8.78 Å². The predicted octanol–water partition coefficient (Wildman–Crippen LogP) is 8.24. The minimum absolute atomic E-state index is 0.344. The van der Waals surface area contributed by atoms with Crippen molar-refractivity contribution in [2.24, 2.45) is 0 Å². The van der Waals surface area contributed by atoms with Gasteiger partial charge in [-0.2, -0.15) is 0 Å². The Morgan fingerprint density at radius 2 is 1.13 bits per heavy atom. The highest BCUT2D eigenvalue weighted by atomic mass is 19.1. The van der Waals surface area contributed by atoms with E-state index >= 15 is 4.39 Å². The van der Waals surface area contributed by atoms with Crippen LogP contribution in [0.25, 0.3) is 22.3 Å². The summed E-state index contributed by atoms with van der Waals surface area (Å²) in [6, 6.07) is 29.4. The van der Waals surface area contributed by atoms with Crippen molar-refractivity contribution in [2.45, 2.75) is 26.3 Å². The third-order valence-corrected chi connectivity index (χ3v) is 5.26. The lowest BCUT2D eigenvalue weighted by Crippen LogP contribution is -2.39. The molecule has 0 amide bonds. The molecule has 0 unspecified atom stereocenters. The fraction of sp³-hybridized carbons (Fsp3) is 0.143. The molecule has 1 nitrogen and oxygen atoms in total. The second-order valence-corrected chi connectivity index (χ2v) is 8.51. The molecule has 0 fully saturated rings. The van der Waals surface area contributed by atoms with E-state index in [4.69, 9.17) is 0 Å². The van der Waals surface area contributed by atoms with Gasteiger partial charge >= 0.3 is 0 Å². The number of nitrogens with zero attached hydrogens (tertiary/aromatic N) is 1. The molecule has 0 saturated heterocycles. The lowest BCUT2D eigenvalue weighted by atomic mass is 9.90. The molecule has 4 aromatic carbocycles. The maximum absolute atomic E-state index is 15.7. The first-order valence-electron chi connectivity index (χ1n) is 10.4. The zero-order valence-corrected chi connectivity index (χ0v) is 17.9. The van der Waals surface area contributed by atoms with Gasteiger partial charge in [0.2, 0.25) is 0 Å². The Kier molecular flexibility index (Phi) is 5.60. The van der Waals surface area contributed by atoms with Crippen LogP contribution in [0, 0.1) is 11.6 Å². The molecule has 0 N–H and O–H groups in total. The smallest absolute Gasteiger partial charge is 0.147 e. The van der Waals surface area contributed by atoms with Gasteiger partial charge in [0.05, 0.1) is 11.4 Å². The summed E-state index contributed by atoms with van der Waals surface area (Å²) in [4.78, 5) is 1.77. The molecule has 0 radical (unpaired) electrons. The van der Waals surface area contributed by atoms with Gasteiger partial charge < -0.3 is 4.90 Å². The number of hydrogen-bond acceptors (Lipinski definition) is 1. The van der Waals surface area contributed by atoms with Crippen molar-refractivity contribution in [2.75, 3.05) is 4.90 Å². The molecule has 0 heterocycles. The van der Waals surface area contributed by atoms with Crippen LogP contribution in [0.2, 0.25) is 0 Å². The highest BCUT2D eigenvalue weighted by Gasteiger charge is 2.31. The summed E-state index contributed by atoms with van der Waals surface area (Å²) in [7, 11) is 0. The van der Waals surface area contributed by atoms with Gasteiger partial charge in [0, 0.05) is 11.1 Å². The van der Waals surface area contributed by atoms with E-state index in [1.54, 1.807) is 29.2 Å². The molecular weight excluding hydrogens is 388 g/mol. The number of halogens is 2. The Bertz CT molecular complexity index is 1180. The lowest BCUT2D eigenvalue weighted by Gasteiger charge is -2.39. The quantitative estimate of drug-likeness (QED) is 0.326. The van der Waals surface area contributed by atoms with E-state index in [0.717, 1.165) is 22.3 Å². The molecule has 4 rings (SSSR count). The molecule has 0 aliphatic carbocycles. The standard InChI is InChI=1S/C28H25F2N/c1-28(2,3)31(25-17-11-10-16-23(25)29)27-24(30)19-18-22(20-12-6-4-7-13-20)26(27)21-14-8-5-9-15-21/h4-19H,1-3H3. The molecular formula is C28H25F2N. The van der Waals surface area contributed by atoms with E-state index in [1.807, 2.05) is 81.4 Å². The van der Waals surface area contributed by atoms with Crippen LogP contribution in [0.4, 0.5) is 20.2 Å². The lowest BCUT2D eigenvalue weighted by molar-refractivity contribution is 0.527. The van der Waals surface area contributed by atoms with E-state index < -0.39 is 11.4 Å². The van der Waals surface area contributed by atoms with Crippen LogP contribution in [0.3, 0.4) is 0 Å². The van der Waals surface area contributed by atoms with E-state index in [-0.39, 0.29) is 5.82 Å². The van der Waals surface area contributed by atoms with Gasteiger partial charge in [-0.3, -0.25) is 0 Å². The summed E-state index contributed by atoms with van der Waals surface area (Å²) in [5.41, 5.74) is 3.62. The van der Waals surface area contributed by atoms with Crippen LogP contribution in [-0.2, 0) is 0 Å². The fourth-order valence-corrected chi connectivity index (χ4v) is 3.99. The van der Waals surface area contributed by atoms with Crippen LogP contribution >= 0.6 is 0 Å². The van der Waals surface area contributed by atoms with Crippen molar-refractivity contribution in [1.29, 1.82) is 0 Å². The van der Waals surface area contributed by atoms with Crippen LogP contribution in [0.5, 0.6) is 0 Å². The van der Waals surface area contributed by atoms with E-state index in [2.05, 4.69) is 0 Å². The number of hydrogen-bond donors (Lipinski definition) is 0. The first kappa shape index (κ1) is 20.8. The molecule has 0 spiro atoms. The van der Waals surface area contributed by atoms with Crippen molar-refractivity contribution < 1.29 is 8.78 Å². The first-order chi connectivity index (χ1) is 14.9. The molecule has 31 heavy (non-hydrogen) atoms. The van der Waals surface area contributed by atoms with Crippen molar-refractivity contribution >= 4 is 11.4 Å². The zero-order chi connectivity index (χ0) is 22.0. The molecule has 0 bridgehead atoms. The monoisotopic (exact) mass is 413 g/mol. The third kappa shape index (κ3) is 4.09. The molecule has 0 aromatic heterocycles. The van der Waals surface area contributed by atoms with Crippen molar-refractivity contribution in [3.05, 3.63) is 109 Å². The predicted molar refractivity (Wildman–Crippen MR) is 126 cm³/mol. The topological polar surface area (TPSA) is 3.24 Å². The average molecular weight is 414 g/mol. The number of benzene rings is 4. The second-order valence-electron chi connectivity index (χ2n) is 8.51. The summed E-state index contributed by atoms with van der Waals surface area (Å²) < 4.78 is 30.6. The van der Waals surface area contributed by atoms with E-state index in [0.29, 0.717) is 11.4 Å². The Morgan fingerprint density at radius 1 is 0.581 bits per heavy atom. The van der Waals surface area contributed by atoms with E-state index in [1.165, 1.54) is 12.1 Å². The normalized spacial score (nSPS) is 11.4. The Hall–Kier alpha value is -3.46. The SMILES string of the molecule is CC(C)(C)N(c1ccccc1F)c1c(F)ccc(-c2ccccc2)c1-c1ccccc1. The Balaban J connectivity index is 2.11. The highest BCUT2D eigenvalue weighted by Crippen LogP contribution is 2.46. The summed E-state index contributed by atoms with van der Waals surface area (Å²) in [5.74, 6) is -0.780. The van der Waals surface area contributed by atoms with Crippen LogP contribution in [-0.4, -0.2) is 5.54 Å². The van der Waals surface area contributed by atoms with Crippen molar-refractivity contribution in [3.63, 3.8) is 0 Å². The molecule has 4 aromatic rings. The van der Waals surface area contributed by atoms with Crippen LogP contribution in [0.1, 0.15) is 20.8 Å².